The Bertz CT molecular complexity index is 694. The van der Waals surface area contributed by atoms with Crippen molar-refractivity contribution in [1.29, 1.82) is 0 Å². The summed E-state index contributed by atoms with van der Waals surface area (Å²) in [6.07, 6.45) is 2.77. The molecule has 0 aromatic carbocycles. The van der Waals surface area contributed by atoms with E-state index in [1.807, 2.05) is 17.5 Å². The molecule has 0 aliphatic rings. The minimum atomic E-state index is -3.40. The Balaban J connectivity index is 1.72. The molecule has 1 unspecified atom stereocenters. The summed E-state index contributed by atoms with van der Waals surface area (Å²) in [6, 6.07) is 7.24. The van der Waals surface area contributed by atoms with E-state index in [-0.39, 0.29) is 11.8 Å². The summed E-state index contributed by atoms with van der Waals surface area (Å²) < 4.78 is 26.8. The lowest BCUT2D eigenvalue weighted by Gasteiger charge is -2.12. The third-order valence-electron chi connectivity index (χ3n) is 3.46. The number of primary amides is 1. The topological polar surface area (TPSA) is 89.3 Å². The lowest BCUT2D eigenvalue weighted by atomic mass is 9.97. The summed E-state index contributed by atoms with van der Waals surface area (Å²) in [4.78, 5) is 12.7. The van der Waals surface area contributed by atoms with Crippen LogP contribution in [0.2, 0.25) is 0 Å². The van der Waals surface area contributed by atoms with Crippen LogP contribution in [0.3, 0.4) is 0 Å². The van der Waals surface area contributed by atoms with Crippen molar-refractivity contribution in [2.75, 3.05) is 6.54 Å². The number of hydrogen-bond donors (Lipinski definition) is 2. The maximum absolute atomic E-state index is 11.9. The lowest BCUT2D eigenvalue weighted by molar-refractivity contribution is -0.122. The van der Waals surface area contributed by atoms with E-state index in [9.17, 15) is 13.2 Å². The molecule has 2 aromatic rings. The van der Waals surface area contributed by atoms with Crippen LogP contribution in [-0.2, 0) is 21.2 Å². The quantitative estimate of drug-likeness (QED) is 0.628. The first-order valence-corrected chi connectivity index (χ1v) is 10.6. The molecule has 126 valence electrons. The first-order chi connectivity index (χ1) is 11.0. The summed E-state index contributed by atoms with van der Waals surface area (Å²) in [7, 11) is -3.40. The van der Waals surface area contributed by atoms with E-state index in [2.05, 4.69) is 4.72 Å². The molecule has 8 heteroatoms. The minimum absolute atomic E-state index is 0.192. The Hall–Kier alpha value is -1.22. The van der Waals surface area contributed by atoms with Crippen LogP contribution in [-0.4, -0.2) is 20.9 Å². The van der Waals surface area contributed by atoms with Gasteiger partial charge in [-0.2, -0.15) is 0 Å². The molecule has 1 amide bonds. The predicted octanol–water partition coefficient (Wildman–Crippen LogP) is 2.60. The van der Waals surface area contributed by atoms with Crippen molar-refractivity contribution in [3.63, 3.8) is 0 Å². The smallest absolute Gasteiger partial charge is 0.250 e. The molecule has 0 bridgehead atoms. The van der Waals surface area contributed by atoms with Gasteiger partial charge in [0.05, 0.1) is 0 Å². The summed E-state index contributed by atoms with van der Waals surface area (Å²) in [5, 5.41) is 3.71. The number of rotatable bonds is 10. The normalized spacial score (nSPS) is 13.0. The molecule has 0 fully saturated rings. The Labute approximate surface area is 144 Å². The van der Waals surface area contributed by atoms with Gasteiger partial charge in [-0.15, -0.1) is 22.7 Å². The van der Waals surface area contributed by atoms with E-state index in [1.54, 1.807) is 28.8 Å². The molecule has 1 atom stereocenters. The fraction of sp³-hybridized carbons (Fsp3) is 0.400. The lowest BCUT2D eigenvalue weighted by Crippen LogP contribution is -2.26. The highest BCUT2D eigenvalue weighted by Crippen LogP contribution is 2.19. The van der Waals surface area contributed by atoms with E-state index in [1.165, 1.54) is 11.3 Å². The average Bonchev–Trinajstić information content (AvgIpc) is 3.19. The Morgan fingerprint density at radius 2 is 1.91 bits per heavy atom. The van der Waals surface area contributed by atoms with Crippen LogP contribution in [0, 0.1) is 5.92 Å². The summed E-state index contributed by atoms with van der Waals surface area (Å²) in [5.74, 6) is -0.486. The average molecular weight is 373 g/mol. The second-order valence-electron chi connectivity index (χ2n) is 5.21. The van der Waals surface area contributed by atoms with E-state index in [0.29, 0.717) is 30.0 Å². The Morgan fingerprint density at radius 1 is 1.17 bits per heavy atom. The van der Waals surface area contributed by atoms with Gasteiger partial charge in [0.2, 0.25) is 15.9 Å². The van der Waals surface area contributed by atoms with Crippen molar-refractivity contribution in [2.24, 2.45) is 11.7 Å². The third kappa shape index (κ3) is 5.72. The minimum Gasteiger partial charge on any atom is -0.369 e. The van der Waals surface area contributed by atoms with Crippen molar-refractivity contribution >= 4 is 38.6 Å². The molecular formula is C15H20N2O3S3. The van der Waals surface area contributed by atoms with Crippen molar-refractivity contribution in [1.82, 2.24) is 4.72 Å². The number of nitrogens with one attached hydrogen (secondary N) is 1. The van der Waals surface area contributed by atoms with Crippen LogP contribution in [0.1, 0.15) is 24.1 Å². The van der Waals surface area contributed by atoms with Gasteiger partial charge in [-0.3, -0.25) is 4.79 Å². The van der Waals surface area contributed by atoms with Gasteiger partial charge < -0.3 is 5.73 Å². The zero-order chi connectivity index (χ0) is 16.7. The molecule has 0 aliphatic carbocycles. The van der Waals surface area contributed by atoms with Crippen LogP contribution >= 0.6 is 22.7 Å². The molecule has 5 nitrogen and oxygen atoms in total. The van der Waals surface area contributed by atoms with Crippen LogP contribution in [0.4, 0.5) is 0 Å². The molecule has 2 aromatic heterocycles. The fourth-order valence-corrected chi connectivity index (χ4v) is 5.12. The van der Waals surface area contributed by atoms with Gasteiger partial charge in [-0.05, 0) is 42.2 Å². The van der Waals surface area contributed by atoms with Crippen LogP contribution in [0.5, 0.6) is 0 Å². The molecule has 0 aliphatic heterocycles. The zero-order valence-corrected chi connectivity index (χ0v) is 15.1. The highest BCUT2D eigenvalue weighted by Gasteiger charge is 2.17. The molecule has 3 N–H and O–H groups in total. The van der Waals surface area contributed by atoms with E-state index in [4.69, 9.17) is 5.73 Å². The highest BCUT2D eigenvalue weighted by atomic mass is 32.2. The van der Waals surface area contributed by atoms with Crippen LogP contribution < -0.4 is 10.5 Å². The van der Waals surface area contributed by atoms with Crippen molar-refractivity contribution < 1.29 is 13.2 Å². The maximum Gasteiger partial charge on any atom is 0.250 e. The largest absolute Gasteiger partial charge is 0.369 e. The number of carbonyl (C=O) groups excluding carboxylic acids is 1. The second-order valence-corrected chi connectivity index (χ2v) is 9.18. The number of carbonyl (C=O) groups is 1. The van der Waals surface area contributed by atoms with E-state index in [0.717, 1.165) is 11.3 Å². The SMILES string of the molecule is NC(=O)C(CCCCNS(=O)(=O)c1cccs1)Cc1cccs1. The molecule has 2 heterocycles. The molecule has 0 saturated heterocycles. The number of hydrogen-bond acceptors (Lipinski definition) is 5. The Kier molecular flexibility index (Phi) is 6.76. The third-order valence-corrected chi connectivity index (χ3v) is 7.22. The van der Waals surface area contributed by atoms with E-state index >= 15 is 0 Å². The monoisotopic (exact) mass is 372 g/mol. The summed E-state index contributed by atoms with van der Waals surface area (Å²) in [5.41, 5.74) is 5.46. The molecule has 0 spiro atoms. The van der Waals surface area contributed by atoms with Gasteiger partial charge in [0.1, 0.15) is 4.21 Å². The van der Waals surface area contributed by atoms with Crippen molar-refractivity contribution in [3.05, 3.63) is 39.9 Å². The van der Waals surface area contributed by atoms with Crippen molar-refractivity contribution in [3.8, 4) is 0 Å². The van der Waals surface area contributed by atoms with Gasteiger partial charge in [0.25, 0.3) is 0 Å². The van der Waals surface area contributed by atoms with Gasteiger partial charge >= 0.3 is 0 Å². The van der Waals surface area contributed by atoms with Gasteiger partial charge in [-0.1, -0.05) is 18.6 Å². The number of unbranched alkanes of at least 4 members (excludes halogenated alkanes) is 1. The standard InChI is InChI=1S/C15H20N2O3S3/c16-15(18)12(11-13-6-3-9-21-13)5-1-2-8-17-23(19,20)14-7-4-10-22-14/h3-4,6-7,9-10,12,17H,1-2,5,8,11H2,(H2,16,18). The van der Waals surface area contributed by atoms with Crippen LogP contribution in [0.15, 0.2) is 39.2 Å². The number of thiophene rings is 2. The maximum atomic E-state index is 11.9. The Morgan fingerprint density at radius 3 is 2.52 bits per heavy atom. The molecular weight excluding hydrogens is 352 g/mol. The van der Waals surface area contributed by atoms with Crippen molar-refractivity contribution in [2.45, 2.75) is 29.9 Å². The first-order valence-electron chi connectivity index (χ1n) is 7.34. The first kappa shape index (κ1) is 18.1. The number of sulfonamides is 1. The van der Waals surface area contributed by atoms with Gasteiger partial charge in [-0.25, -0.2) is 13.1 Å². The zero-order valence-electron chi connectivity index (χ0n) is 12.6. The predicted molar refractivity (Wildman–Crippen MR) is 94.1 cm³/mol. The van der Waals surface area contributed by atoms with Crippen LogP contribution in [0.25, 0.3) is 0 Å². The molecule has 0 saturated carbocycles. The van der Waals surface area contributed by atoms with Gasteiger partial charge in [0.15, 0.2) is 0 Å². The molecule has 23 heavy (non-hydrogen) atoms. The highest BCUT2D eigenvalue weighted by molar-refractivity contribution is 7.91. The number of amides is 1. The summed E-state index contributed by atoms with van der Waals surface area (Å²) in [6.45, 7) is 0.366. The van der Waals surface area contributed by atoms with Gasteiger partial charge in [0, 0.05) is 17.3 Å². The molecule has 0 radical (unpaired) electrons. The van der Waals surface area contributed by atoms with E-state index < -0.39 is 10.0 Å². The molecule has 2 rings (SSSR count). The number of nitrogens with two attached hydrogens (primary N) is 1. The summed E-state index contributed by atoms with van der Waals surface area (Å²) >= 11 is 2.81. The fourth-order valence-electron chi connectivity index (χ4n) is 2.23. The second kappa shape index (κ2) is 8.58.